The van der Waals surface area contributed by atoms with Crippen LogP contribution >= 0.6 is 0 Å². The molecule has 0 spiro atoms. The van der Waals surface area contributed by atoms with Gasteiger partial charge in [-0.15, -0.1) is 0 Å². The van der Waals surface area contributed by atoms with E-state index in [0.29, 0.717) is 5.75 Å². The second-order valence-corrected chi connectivity index (χ2v) is 5.40. The zero-order valence-electron chi connectivity index (χ0n) is 12.0. The maximum atomic E-state index is 9.23. The third-order valence-electron chi connectivity index (χ3n) is 4.04. The molecule has 1 N–H and O–H groups in total. The molecule has 1 saturated heterocycles. The molecule has 0 aliphatic carbocycles. The molecule has 2 rings (SSSR count). The maximum Gasteiger partial charge on any atom is 0.115 e. The Labute approximate surface area is 116 Å². The lowest BCUT2D eigenvalue weighted by Gasteiger charge is -2.33. The van der Waals surface area contributed by atoms with Crippen LogP contribution in [0.25, 0.3) is 0 Å². The Hall–Kier alpha value is -1.06. The van der Waals surface area contributed by atoms with Crippen LogP contribution in [0.1, 0.15) is 25.3 Å². The SMILES string of the molecule is CCN1CCN(CCCCc2ccc(O)cc2)CC1. The fourth-order valence-corrected chi connectivity index (χ4v) is 2.66. The van der Waals surface area contributed by atoms with Crippen molar-refractivity contribution < 1.29 is 5.11 Å². The summed E-state index contributed by atoms with van der Waals surface area (Å²) < 4.78 is 0. The topological polar surface area (TPSA) is 26.7 Å². The van der Waals surface area contributed by atoms with E-state index in [4.69, 9.17) is 0 Å². The van der Waals surface area contributed by atoms with Gasteiger partial charge < -0.3 is 14.9 Å². The molecule has 3 heteroatoms. The van der Waals surface area contributed by atoms with Crippen LogP contribution < -0.4 is 0 Å². The summed E-state index contributed by atoms with van der Waals surface area (Å²) in [6.07, 6.45) is 3.63. The number of likely N-dealkylation sites (N-methyl/N-ethyl adjacent to an activating group) is 1. The summed E-state index contributed by atoms with van der Waals surface area (Å²) in [5.74, 6) is 0.359. The van der Waals surface area contributed by atoms with Gasteiger partial charge in [-0.1, -0.05) is 19.1 Å². The molecular weight excluding hydrogens is 236 g/mol. The fraction of sp³-hybridized carbons (Fsp3) is 0.625. The van der Waals surface area contributed by atoms with Gasteiger partial charge in [0.1, 0.15) is 5.75 Å². The second-order valence-electron chi connectivity index (χ2n) is 5.40. The molecule has 0 saturated carbocycles. The molecule has 1 aliphatic rings. The van der Waals surface area contributed by atoms with Crippen molar-refractivity contribution >= 4 is 0 Å². The summed E-state index contributed by atoms with van der Waals surface area (Å²) in [4.78, 5) is 5.11. The Morgan fingerprint density at radius 1 is 0.947 bits per heavy atom. The summed E-state index contributed by atoms with van der Waals surface area (Å²) in [7, 11) is 0. The van der Waals surface area contributed by atoms with Gasteiger partial charge in [0, 0.05) is 26.2 Å². The number of hydrogen-bond acceptors (Lipinski definition) is 3. The molecule has 1 aliphatic heterocycles. The monoisotopic (exact) mass is 262 g/mol. The van der Waals surface area contributed by atoms with Crippen molar-refractivity contribution in [2.45, 2.75) is 26.2 Å². The Morgan fingerprint density at radius 2 is 1.58 bits per heavy atom. The van der Waals surface area contributed by atoms with Crippen molar-refractivity contribution in [2.75, 3.05) is 39.3 Å². The number of rotatable bonds is 6. The summed E-state index contributed by atoms with van der Waals surface area (Å²) >= 11 is 0. The number of unbranched alkanes of at least 4 members (excludes halogenated alkanes) is 1. The van der Waals surface area contributed by atoms with Crippen molar-refractivity contribution in [2.24, 2.45) is 0 Å². The van der Waals surface area contributed by atoms with Crippen molar-refractivity contribution in [3.8, 4) is 5.75 Å². The molecule has 3 nitrogen and oxygen atoms in total. The molecule has 0 atom stereocenters. The molecule has 0 aromatic heterocycles. The highest BCUT2D eigenvalue weighted by Gasteiger charge is 2.14. The van der Waals surface area contributed by atoms with Gasteiger partial charge in [0.2, 0.25) is 0 Å². The lowest BCUT2D eigenvalue weighted by molar-refractivity contribution is 0.136. The van der Waals surface area contributed by atoms with Crippen molar-refractivity contribution in [1.82, 2.24) is 9.80 Å². The highest BCUT2D eigenvalue weighted by Crippen LogP contribution is 2.12. The molecule has 1 heterocycles. The summed E-state index contributed by atoms with van der Waals surface area (Å²) in [5.41, 5.74) is 1.33. The maximum absolute atomic E-state index is 9.23. The van der Waals surface area contributed by atoms with Crippen LogP contribution in [0.3, 0.4) is 0 Å². The Balaban J connectivity index is 1.58. The van der Waals surface area contributed by atoms with Crippen LogP contribution in [0, 0.1) is 0 Å². The van der Waals surface area contributed by atoms with Crippen molar-refractivity contribution in [3.05, 3.63) is 29.8 Å². The van der Waals surface area contributed by atoms with Gasteiger partial charge >= 0.3 is 0 Å². The second kappa shape index (κ2) is 7.51. The first-order chi connectivity index (χ1) is 9.28. The molecule has 0 unspecified atom stereocenters. The first kappa shape index (κ1) is 14.4. The standard InChI is InChI=1S/C16H26N2O/c1-2-17-11-13-18(14-12-17)10-4-3-5-15-6-8-16(19)9-7-15/h6-9,19H,2-5,10-14H2,1H3. The minimum absolute atomic E-state index is 0.359. The van der Waals surface area contributed by atoms with E-state index in [1.165, 1.54) is 57.7 Å². The molecule has 1 aromatic rings. The van der Waals surface area contributed by atoms with Crippen LogP contribution in [0.2, 0.25) is 0 Å². The number of aromatic hydroxyl groups is 1. The van der Waals surface area contributed by atoms with E-state index in [-0.39, 0.29) is 0 Å². The normalized spacial score (nSPS) is 17.7. The number of benzene rings is 1. The lowest BCUT2D eigenvalue weighted by atomic mass is 10.1. The first-order valence-electron chi connectivity index (χ1n) is 7.50. The number of phenolic OH excluding ortho intramolecular Hbond substituents is 1. The predicted octanol–water partition coefficient (Wildman–Crippen LogP) is 2.35. The largest absolute Gasteiger partial charge is 0.508 e. The Bertz CT molecular complexity index is 356. The average molecular weight is 262 g/mol. The molecule has 106 valence electrons. The molecule has 1 aromatic carbocycles. The van der Waals surface area contributed by atoms with Gasteiger partial charge in [0.15, 0.2) is 0 Å². The van der Waals surface area contributed by atoms with Crippen LogP contribution in [-0.4, -0.2) is 54.2 Å². The molecule has 19 heavy (non-hydrogen) atoms. The van der Waals surface area contributed by atoms with Gasteiger partial charge in [0.05, 0.1) is 0 Å². The van der Waals surface area contributed by atoms with Gasteiger partial charge in [0.25, 0.3) is 0 Å². The van der Waals surface area contributed by atoms with E-state index < -0.39 is 0 Å². The van der Waals surface area contributed by atoms with Crippen LogP contribution in [0.4, 0.5) is 0 Å². The van der Waals surface area contributed by atoms with Crippen molar-refractivity contribution in [1.29, 1.82) is 0 Å². The number of aryl methyl sites for hydroxylation is 1. The number of phenols is 1. The van der Waals surface area contributed by atoms with Gasteiger partial charge in [-0.2, -0.15) is 0 Å². The van der Waals surface area contributed by atoms with Crippen LogP contribution in [0.15, 0.2) is 24.3 Å². The Kier molecular flexibility index (Phi) is 5.67. The molecule has 1 fully saturated rings. The van der Waals surface area contributed by atoms with E-state index >= 15 is 0 Å². The lowest BCUT2D eigenvalue weighted by Crippen LogP contribution is -2.46. The zero-order valence-corrected chi connectivity index (χ0v) is 12.0. The van der Waals surface area contributed by atoms with E-state index in [0.717, 1.165) is 6.42 Å². The van der Waals surface area contributed by atoms with Gasteiger partial charge in [-0.3, -0.25) is 0 Å². The summed E-state index contributed by atoms with van der Waals surface area (Å²) in [6.45, 7) is 9.58. The minimum atomic E-state index is 0.359. The minimum Gasteiger partial charge on any atom is -0.508 e. The third-order valence-corrected chi connectivity index (χ3v) is 4.04. The third kappa shape index (κ3) is 4.84. The zero-order chi connectivity index (χ0) is 13.5. The molecule has 0 bridgehead atoms. The highest BCUT2D eigenvalue weighted by molar-refractivity contribution is 5.25. The van der Waals surface area contributed by atoms with E-state index in [2.05, 4.69) is 16.7 Å². The van der Waals surface area contributed by atoms with Crippen LogP contribution in [0.5, 0.6) is 5.75 Å². The van der Waals surface area contributed by atoms with E-state index in [1.54, 1.807) is 12.1 Å². The summed E-state index contributed by atoms with van der Waals surface area (Å²) in [6, 6.07) is 7.60. The molecule has 0 radical (unpaired) electrons. The summed E-state index contributed by atoms with van der Waals surface area (Å²) in [5, 5.41) is 9.23. The predicted molar refractivity (Wildman–Crippen MR) is 79.6 cm³/mol. The fourth-order valence-electron chi connectivity index (χ4n) is 2.66. The quantitative estimate of drug-likeness (QED) is 0.797. The Morgan fingerprint density at radius 3 is 2.21 bits per heavy atom. The van der Waals surface area contributed by atoms with Crippen LogP contribution in [-0.2, 0) is 6.42 Å². The van der Waals surface area contributed by atoms with E-state index in [1.807, 2.05) is 12.1 Å². The molecule has 0 amide bonds. The average Bonchev–Trinajstić information content (AvgIpc) is 2.46. The van der Waals surface area contributed by atoms with Gasteiger partial charge in [-0.25, -0.2) is 0 Å². The molecular formula is C16H26N2O. The van der Waals surface area contributed by atoms with Gasteiger partial charge in [-0.05, 0) is 50.0 Å². The smallest absolute Gasteiger partial charge is 0.115 e. The number of piperazine rings is 1. The number of hydrogen-bond donors (Lipinski definition) is 1. The van der Waals surface area contributed by atoms with E-state index in [9.17, 15) is 5.11 Å². The number of nitrogens with zero attached hydrogens (tertiary/aromatic N) is 2. The first-order valence-corrected chi connectivity index (χ1v) is 7.50. The van der Waals surface area contributed by atoms with Crippen molar-refractivity contribution in [3.63, 3.8) is 0 Å². The highest BCUT2D eigenvalue weighted by atomic mass is 16.3.